The van der Waals surface area contributed by atoms with E-state index >= 15 is 0 Å². The number of fused-ring (bicyclic) bond motifs is 4. The molecule has 3 aromatic rings. The maximum Gasteiger partial charge on any atom is 0.0932 e. The minimum atomic E-state index is 0.735. The molecule has 0 amide bonds. The highest BCUT2D eigenvalue weighted by molar-refractivity contribution is 5.84. The first-order valence-electron chi connectivity index (χ1n) is 9.83. The monoisotopic (exact) mass is 346 g/mol. The van der Waals surface area contributed by atoms with E-state index in [4.69, 9.17) is 4.98 Å². The number of hydrogen-bond acceptors (Lipinski definition) is 3. The molecule has 4 heteroatoms. The van der Waals surface area contributed by atoms with Gasteiger partial charge in [-0.15, -0.1) is 0 Å². The lowest BCUT2D eigenvalue weighted by Gasteiger charge is -2.29. The van der Waals surface area contributed by atoms with E-state index in [1.54, 1.807) is 0 Å². The van der Waals surface area contributed by atoms with Crippen molar-refractivity contribution in [1.29, 1.82) is 0 Å². The number of aromatic nitrogens is 3. The topological polar surface area (TPSA) is 44.8 Å². The lowest BCUT2D eigenvalue weighted by molar-refractivity contribution is 0.227. The molecule has 2 aliphatic rings. The van der Waals surface area contributed by atoms with Crippen LogP contribution in [0.25, 0.3) is 11.0 Å². The summed E-state index contributed by atoms with van der Waals surface area (Å²) in [5.74, 6) is 0. The summed E-state index contributed by atoms with van der Waals surface area (Å²) in [6, 6.07) is 7.29. The maximum atomic E-state index is 4.92. The summed E-state index contributed by atoms with van der Waals surface area (Å²) >= 11 is 0. The fraction of sp³-hybridized carbons (Fsp3) is 0.455. The van der Waals surface area contributed by atoms with Gasteiger partial charge in [-0.1, -0.05) is 6.07 Å². The molecule has 1 atom stereocenters. The van der Waals surface area contributed by atoms with E-state index in [1.165, 1.54) is 52.8 Å². The van der Waals surface area contributed by atoms with Crippen LogP contribution in [0.3, 0.4) is 0 Å². The van der Waals surface area contributed by atoms with Gasteiger partial charge in [0.1, 0.15) is 0 Å². The number of pyridine rings is 2. The minimum Gasteiger partial charge on any atom is -0.357 e. The van der Waals surface area contributed by atoms with Gasteiger partial charge in [0.2, 0.25) is 0 Å². The van der Waals surface area contributed by atoms with Crippen LogP contribution in [0.2, 0.25) is 0 Å². The van der Waals surface area contributed by atoms with Crippen molar-refractivity contribution in [3.8, 4) is 0 Å². The number of H-pyrrole nitrogens is 1. The second kappa shape index (κ2) is 6.20. The number of rotatable bonds is 3. The van der Waals surface area contributed by atoms with Gasteiger partial charge in [0.05, 0.1) is 11.0 Å². The summed E-state index contributed by atoms with van der Waals surface area (Å²) in [5, 5.41) is 0. The Morgan fingerprint density at radius 2 is 2.12 bits per heavy atom. The van der Waals surface area contributed by atoms with E-state index in [0.717, 1.165) is 43.2 Å². The summed E-state index contributed by atoms with van der Waals surface area (Å²) < 4.78 is 0. The van der Waals surface area contributed by atoms with Gasteiger partial charge in [-0.2, -0.15) is 0 Å². The van der Waals surface area contributed by atoms with E-state index in [1.807, 2.05) is 13.1 Å². The SMILES string of the molecule is Cc1ccc(CCc2cc(C)nc3c4c([nH]c23)CC2CCCN2C4)cn1. The second-order valence-corrected chi connectivity index (χ2v) is 8.01. The lowest BCUT2D eigenvalue weighted by Crippen LogP contribution is -2.35. The fourth-order valence-corrected chi connectivity index (χ4v) is 4.71. The molecule has 4 nitrogen and oxygen atoms in total. The van der Waals surface area contributed by atoms with Crippen molar-refractivity contribution in [2.75, 3.05) is 6.54 Å². The average molecular weight is 346 g/mol. The van der Waals surface area contributed by atoms with E-state index in [-0.39, 0.29) is 0 Å². The molecular weight excluding hydrogens is 320 g/mol. The predicted molar refractivity (Wildman–Crippen MR) is 104 cm³/mol. The van der Waals surface area contributed by atoms with Crippen LogP contribution < -0.4 is 0 Å². The van der Waals surface area contributed by atoms with Crippen molar-refractivity contribution in [1.82, 2.24) is 19.9 Å². The zero-order chi connectivity index (χ0) is 17.7. The lowest BCUT2D eigenvalue weighted by atomic mass is 9.99. The summed E-state index contributed by atoms with van der Waals surface area (Å²) in [5.41, 5.74) is 10.2. The molecular formula is C22H26N4. The van der Waals surface area contributed by atoms with Crippen molar-refractivity contribution >= 4 is 11.0 Å². The highest BCUT2D eigenvalue weighted by Gasteiger charge is 2.32. The van der Waals surface area contributed by atoms with Crippen molar-refractivity contribution < 1.29 is 0 Å². The molecule has 5 rings (SSSR count). The van der Waals surface area contributed by atoms with Gasteiger partial charge in [0, 0.05) is 47.8 Å². The van der Waals surface area contributed by atoms with Gasteiger partial charge in [-0.3, -0.25) is 14.9 Å². The Bertz CT molecular complexity index is 954. The molecule has 2 aliphatic heterocycles. The van der Waals surface area contributed by atoms with Crippen molar-refractivity contribution in [2.24, 2.45) is 0 Å². The largest absolute Gasteiger partial charge is 0.357 e. The van der Waals surface area contributed by atoms with Crippen LogP contribution in [-0.4, -0.2) is 32.4 Å². The Balaban J connectivity index is 1.49. The van der Waals surface area contributed by atoms with Crippen LogP contribution >= 0.6 is 0 Å². The normalized spacial score (nSPS) is 19.7. The van der Waals surface area contributed by atoms with Crippen LogP contribution in [0.5, 0.6) is 0 Å². The average Bonchev–Trinajstić information content (AvgIpc) is 3.23. The first-order chi connectivity index (χ1) is 12.7. The van der Waals surface area contributed by atoms with Crippen molar-refractivity contribution in [3.63, 3.8) is 0 Å². The molecule has 0 bridgehead atoms. The third-order valence-electron chi connectivity index (χ3n) is 6.11. The highest BCUT2D eigenvalue weighted by atomic mass is 15.2. The molecule has 0 saturated carbocycles. The predicted octanol–water partition coefficient (Wildman–Crippen LogP) is 3.88. The van der Waals surface area contributed by atoms with Gasteiger partial charge < -0.3 is 4.98 Å². The highest BCUT2D eigenvalue weighted by Crippen LogP contribution is 2.35. The first-order valence-corrected chi connectivity index (χ1v) is 9.83. The Morgan fingerprint density at radius 1 is 1.19 bits per heavy atom. The standard InChI is InChI=1S/C22H26N4/c1-14-5-6-16(12-23-14)7-8-17-10-15(2)24-22-19-13-26-9-3-4-18(26)11-20(19)25-21(17)22/h5-6,10,12,18,25H,3-4,7-9,11,13H2,1-2H3. The Kier molecular flexibility index (Phi) is 3.82. The third-order valence-corrected chi connectivity index (χ3v) is 6.11. The Hall–Kier alpha value is -2.20. The van der Waals surface area contributed by atoms with Gasteiger partial charge >= 0.3 is 0 Å². The number of hydrogen-bond donors (Lipinski definition) is 1. The molecule has 134 valence electrons. The molecule has 0 aromatic carbocycles. The first kappa shape index (κ1) is 16.0. The minimum absolute atomic E-state index is 0.735. The Morgan fingerprint density at radius 3 is 2.96 bits per heavy atom. The number of aryl methyl sites for hydroxylation is 4. The Labute approximate surface area is 154 Å². The van der Waals surface area contributed by atoms with E-state index in [2.05, 4.69) is 40.0 Å². The molecule has 0 radical (unpaired) electrons. The van der Waals surface area contributed by atoms with Crippen LogP contribution in [0.1, 0.15) is 46.6 Å². The molecule has 1 fully saturated rings. The quantitative estimate of drug-likeness (QED) is 0.783. The van der Waals surface area contributed by atoms with Crippen molar-refractivity contribution in [2.45, 2.75) is 58.5 Å². The molecule has 0 spiro atoms. The van der Waals surface area contributed by atoms with Crippen molar-refractivity contribution in [3.05, 3.63) is 58.2 Å². The van der Waals surface area contributed by atoms with E-state index in [9.17, 15) is 0 Å². The molecule has 26 heavy (non-hydrogen) atoms. The second-order valence-electron chi connectivity index (χ2n) is 8.01. The zero-order valence-electron chi connectivity index (χ0n) is 15.7. The van der Waals surface area contributed by atoms with E-state index in [0.29, 0.717) is 0 Å². The van der Waals surface area contributed by atoms with Crippen LogP contribution in [0.4, 0.5) is 0 Å². The molecule has 0 aliphatic carbocycles. The van der Waals surface area contributed by atoms with Gasteiger partial charge in [-0.05, 0) is 69.3 Å². The molecule has 1 unspecified atom stereocenters. The number of nitrogens with zero attached hydrogens (tertiary/aromatic N) is 3. The summed E-state index contributed by atoms with van der Waals surface area (Å²) in [4.78, 5) is 15.8. The fourth-order valence-electron chi connectivity index (χ4n) is 4.71. The third kappa shape index (κ3) is 2.73. The molecule has 5 heterocycles. The van der Waals surface area contributed by atoms with E-state index < -0.39 is 0 Å². The van der Waals surface area contributed by atoms with Crippen LogP contribution in [0, 0.1) is 13.8 Å². The zero-order valence-corrected chi connectivity index (χ0v) is 15.7. The smallest absolute Gasteiger partial charge is 0.0932 e. The summed E-state index contributed by atoms with van der Waals surface area (Å²) in [6.07, 6.45) is 7.89. The van der Waals surface area contributed by atoms with Crippen LogP contribution in [0.15, 0.2) is 24.4 Å². The molecule has 3 aromatic heterocycles. The van der Waals surface area contributed by atoms with Gasteiger partial charge in [0.25, 0.3) is 0 Å². The summed E-state index contributed by atoms with van der Waals surface area (Å²) in [7, 11) is 0. The van der Waals surface area contributed by atoms with Crippen LogP contribution in [-0.2, 0) is 25.8 Å². The molecule has 1 saturated heterocycles. The van der Waals surface area contributed by atoms with Gasteiger partial charge in [0.15, 0.2) is 0 Å². The number of aromatic amines is 1. The molecule has 1 N–H and O–H groups in total. The number of nitrogens with one attached hydrogen (secondary N) is 1. The summed E-state index contributed by atoms with van der Waals surface area (Å²) in [6.45, 7) is 6.47. The maximum absolute atomic E-state index is 4.92. The van der Waals surface area contributed by atoms with Gasteiger partial charge in [-0.25, -0.2) is 0 Å².